The highest BCUT2D eigenvalue weighted by Gasteiger charge is 2.23. The molecule has 0 spiro atoms. The predicted molar refractivity (Wildman–Crippen MR) is 110 cm³/mol. The van der Waals surface area contributed by atoms with Crippen molar-refractivity contribution in [3.8, 4) is 11.3 Å². The predicted octanol–water partition coefficient (Wildman–Crippen LogP) is 4.85. The van der Waals surface area contributed by atoms with E-state index in [2.05, 4.69) is 23.7 Å². The molecule has 6 heteroatoms. The third kappa shape index (κ3) is 3.69. The number of rotatable bonds is 5. The third-order valence-corrected chi connectivity index (χ3v) is 5.91. The Hall–Kier alpha value is -2.60. The molecule has 0 radical (unpaired) electrons. The molecule has 0 atom stereocenters. The lowest BCUT2D eigenvalue weighted by Gasteiger charge is -2.11. The second-order valence-electron chi connectivity index (χ2n) is 7.16. The molecule has 0 fully saturated rings. The SMILES string of the molecule is CC(C)c1ccc(C(=O)NCc2c(-c3ccc(F)cc3)nc3n2CCS3)cc1. The van der Waals surface area contributed by atoms with E-state index in [1.54, 1.807) is 23.9 Å². The maximum absolute atomic E-state index is 13.3. The largest absolute Gasteiger partial charge is 0.346 e. The van der Waals surface area contributed by atoms with E-state index < -0.39 is 0 Å². The number of benzene rings is 2. The van der Waals surface area contributed by atoms with Gasteiger partial charge in [-0.1, -0.05) is 37.7 Å². The summed E-state index contributed by atoms with van der Waals surface area (Å²) in [5.74, 6) is 1.03. The van der Waals surface area contributed by atoms with E-state index in [0.717, 1.165) is 34.4 Å². The summed E-state index contributed by atoms with van der Waals surface area (Å²) >= 11 is 1.70. The van der Waals surface area contributed by atoms with Crippen LogP contribution in [0.1, 0.15) is 41.4 Å². The van der Waals surface area contributed by atoms with Crippen molar-refractivity contribution in [2.75, 3.05) is 5.75 Å². The molecule has 0 saturated carbocycles. The molecular formula is C22H22FN3OS. The van der Waals surface area contributed by atoms with Crippen LogP contribution in [0.25, 0.3) is 11.3 Å². The summed E-state index contributed by atoms with van der Waals surface area (Å²) in [7, 11) is 0. The second-order valence-corrected chi connectivity index (χ2v) is 8.22. The number of carbonyl (C=O) groups is 1. The minimum absolute atomic E-state index is 0.110. The molecule has 1 aliphatic rings. The Balaban J connectivity index is 1.56. The number of fused-ring (bicyclic) bond motifs is 1. The number of hydrogen-bond donors (Lipinski definition) is 1. The molecule has 2 heterocycles. The fourth-order valence-corrected chi connectivity index (χ4v) is 4.31. The van der Waals surface area contributed by atoms with Gasteiger partial charge in [0.1, 0.15) is 5.82 Å². The lowest BCUT2D eigenvalue weighted by atomic mass is 10.0. The van der Waals surface area contributed by atoms with Crippen molar-refractivity contribution in [1.29, 1.82) is 0 Å². The lowest BCUT2D eigenvalue weighted by Crippen LogP contribution is -2.24. The zero-order chi connectivity index (χ0) is 19.7. The zero-order valence-electron chi connectivity index (χ0n) is 15.9. The topological polar surface area (TPSA) is 46.9 Å². The first-order chi connectivity index (χ1) is 13.5. The van der Waals surface area contributed by atoms with Crippen LogP contribution in [-0.2, 0) is 13.1 Å². The number of hydrogen-bond acceptors (Lipinski definition) is 3. The van der Waals surface area contributed by atoms with E-state index in [4.69, 9.17) is 4.98 Å². The van der Waals surface area contributed by atoms with Crippen LogP contribution in [0, 0.1) is 5.82 Å². The molecule has 3 aromatic rings. The molecule has 0 unspecified atom stereocenters. The fourth-order valence-electron chi connectivity index (χ4n) is 3.34. The van der Waals surface area contributed by atoms with Gasteiger partial charge in [-0.25, -0.2) is 9.37 Å². The molecule has 2 aromatic carbocycles. The summed E-state index contributed by atoms with van der Waals surface area (Å²) in [6.07, 6.45) is 0. The summed E-state index contributed by atoms with van der Waals surface area (Å²) in [6, 6.07) is 14.1. The van der Waals surface area contributed by atoms with Crippen LogP contribution >= 0.6 is 11.8 Å². The Labute approximate surface area is 168 Å². The first-order valence-corrected chi connectivity index (χ1v) is 10.4. The zero-order valence-corrected chi connectivity index (χ0v) is 16.7. The molecule has 0 saturated heterocycles. The average molecular weight is 396 g/mol. The Morgan fingerprint density at radius 3 is 2.57 bits per heavy atom. The molecule has 4 nitrogen and oxygen atoms in total. The normalized spacial score (nSPS) is 13.0. The summed E-state index contributed by atoms with van der Waals surface area (Å²) < 4.78 is 15.4. The van der Waals surface area contributed by atoms with Crippen molar-refractivity contribution in [1.82, 2.24) is 14.9 Å². The molecule has 1 aromatic heterocycles. The van der Waals surface area contributed by atoms with E-state index in [1.807, 2.05) is 24.3 Å². The highest BCUT2D eigenvalue weighted by atomic mass is 32.2. The van der Waals surface area contributed by atoms with Crippen molar-refractivity contribution < 1.29 is 9.18 Å². The highest BCUT2D eigenvalue weighted by molar-refractivity contribution is 7.99. The summed E-state index contributed by atoms with van der Waals surface area (Å²) in [6.45, 7) is 5.50. The number of aromatic nitrogens is 2. The molecule has 1 N–H and O–H groups in total. The second kappa shape index (κ2) is 7.80. The van der Waals surface area contributed by atoms with Crippen molar-refractivity contribution in [2.45, 2.75) is 38.0 Å². The summed E-state index contributed by atoms with van der Waals surface area (Å²) in [5, 5.41) is 3.97. The maximum Gasteiger partial charge on any atom is 0.251 e. The van der Waals surface area contributed by atoms with E-state index in [0.29, 0.717) is 18.0 Å². The summed E-state index contributed by atoms with van der Waals surface area (Å²) in [5.41, 5.74) is 4.47. The molecule has 28 heavy (non-hydrogen) atoms. The monoisotopic (exact) mass is 395 g/mol. The van der Waals surface area contributed by atoms with Gasteiger partial charge in [-0.2, -0.15) is 0 Å². The van der Waals surface area contributed by atoms with Crippen molar-refractivity contribution in [3.05, 3.63) is 71.2 Å². The molecule has 1 aliphatic heterocycles. The van der Waals surface area contributed by atoms with Crippen molar-refractivity contribution in [3.63, 3.8) is 0 Å². The van der Waals surface area contributed by atoms with Crippen LogP contribution in [-0.4, -0.2) is 21.2 Å². The van der Waals surface area contributed by atoms with E-state index in [9.17, 15) is 9.18 Å². The summed E-state index contributed by atoms with van der Waals surface area (Å²) in [4.78, 5) is 17.3. The Bertz CT molecular complexity index is 994. The van der Waals surface area contributed by atoms with Crippen molar-refractivity contribution in [2.24, 2.45) is 0 Å². The molecule has 0 aliphatic carbocycles. The number of amides is 1. The smallest absolute Gasteiger partial charge is 0.251 e. The maximum atomic E-state index is 13.3. The Kier molecular flexibility index (Phi) is 5.22. The number of carbonyl (C=O) groups excluding carboxylic acids is 1. The number of thioether (sulfide) groups is 1. The highest BCUT2D eigenvalue weighted by Crippen LogP contribution is 2.33. The minimum Gasteiger partial charge on any atom is -0.346 e. The third-order valence-electron chi connectivity index (χ3n) is 4.96. The van der Waals surface area contributed by atoms with Crippen LogP contribution in [0.5, 0.6) is 0 Å². The fraction of sp³-hybridized carbons (Fsp3) is 0.273. The van der Waals surface area contributed by atoms with Crippen LogP contribution in [0.15, 0.2) is 53.7 Å². The molecule has 1 amide bonds. The molecule has 4 rings (SSSR count). The van der Waals surface area contributed by atoms with Crippen LogP contribution < -0.4 is 5.32 Å². The first kappa shape index (κ1) is 18.7. The van der Waals surface area contributed by atoms with Crippen LogP contribution in [0.4, 0.5) is 4.39 Å². The molecule has 144 valence electrons. The first-order valence-electron chi connectivity index (χ1n) is 9.39. The number of halogens is 1. The van der Waals surface area contributed by atoms with E-state index in [-0.39, 0.29) is 11.7 Å². The van der Waals surface area contributed by atoms with E-state index >= 15 is 0 Å². The van der Waals surface area contributed by atoms with Crippen molar-refractivity contribution >= 4 is 17.7 Å². The number of imidazole rings is 1. The quantitative estimate of drug-likeness (QED) is 0.672. The van der Waals surface area contributed by atoms with Gasteiger partial charge in [0.25, 0.3) is 5.91 Å². The molecule has 0 bridgehead atoms. The Morgan fingerprint density at radius 1 is 1.18 bits per heavy atom. The number of nitrogens with one attached hydrogen (secondary N) is 1. The van der Waals surface area contributed by atoms with Gasteiger partial charge < -0.3 is 9.88 Å². The van der Waals surface area contributed by atoms with E-state index in [1.165, 1.54) is 17.7 Å². The Morgan fingerprint density at radius 2 is 1.89 bits per heavy atom. The van der Waals surface area contributed by atoms with Gasteiger partial charge in [0.15, 0.2) is 5.16 Å². The van der Waals surface area contributed by atoms with Gasteiger partial charge in [-0.05, 0) is 47.9 Å². The van der Waals surface area contributed by atoms with Gasteiger partial charge in [0.05, 0.1) is 17.9 Å². The van der Waals surface area contributed by atoms with Crippen LogP contribution in [0.2, 0.25) is 0 Å². The van der Waals surface area contributed by atoms with Gasteiger partial charge >= 0.3 is 0 Å². The minimum atomic E-state index is -0.274. The lowest BCUT2D eigenvalue weighted by molar-refractivity contribution is 0.0950. The molecular weight excluding hydrogens is 373 g/mol. The van der Waals surface area contributed by atoms with Gasteiger partial charge in [-0.15, -0.1) is 0 Å². The van der Waals surface area contributed by atoms with Gasteiger partial charge in [0, 0.05) is 23.4 Å². The number of nitrogens with zero attached hydrogens (tertiary/aromatic N) is 2. The van der Waals surface area contributed by atoms with Gasteiger partial charge in [-0.3, -0.25) is 4.79 Å². The van der Waals surface area contributed by atoms with Gasteiger partial charge in [0.2, 0.25) is 0 Å². The standard InChI is InChI=1S/C22H22FN3OS/c1-14(2)15-3-5-17(6-4-15)21(27)24-13-19-20(16-7-9-18(23)10-8-16)25-22-26(19)11-12-28-22/h3-10,14H,11-13H2,1-2H3,(H,24,27). The van der Waals surface area contributed by atoms with Crippen LogP contribution in [0.3, 0.4) is 0 Å². The average Bonchev–Trinajstić information content (AvgIpc) is 3.28.